The van der Waals surface area contributed by atoms with E-state index in [0.717, 1.165) is 22.7 Å². The number of hydrogen-bond acceptors (Lipinski definition) is 4. The second-order valence-electron chi connectivity index (χ2n) is 3.99. The number of para-hydroxylation sites is 1. The molecule has 0 amide bonds. The van der Waals surface area contributed by atoms with Gasteiger partial charge in [-0.05, 0) is 6.07 Å². The highest BCUT2D eigenvalue weighted by atomic mass is 35.5. The predicted molar refractivity (Wildman–Crippen MR) is 68.5 cm³/mol. The molecule has 1 unspecified atom stereocenters. The van der Waals surface area contributed by atoms with Crippen LogP contribution in [0.5, 0.6) is 5.75 Å². The van der Waals surface area contributed by atoms with E-state index in [1.165, 1.54) is 11.3 Å². The van der Waals surface area contributed by atoms with Gasteiger partial charge in [0.25, 0.3) is 0 Å². The summed E-state index contributed by atoms with van der Waals surface area (Å²) >= 11 is 7.33. The third-order valence-corrected chi connectivity index (χ3v) is 4.03. The smallest absolute Gasteiger partial charge is 0.152 e. The molecule has 2 aromatic rings. The number of rotatable bonds is 1. The minimum atomic E-state index is -0.0857. The minimum Gasteiger partial charge on any atom is -0.483 e. The topological polar surface area (TPSA) is 48.1 Å². The van der Waals surface area contributed by atoms with E-state index in [4.69, 9.17) is 22.1 Å². The summed E-state index contributed by atoms with van der Waals surface area (Å²) in [5.41, 5.74) is 7.21. The van der Waals surface area contributed by atoms with Crippen LogP contribution in [0.4, 0.5) is 0 Å². The molecule has 0 saturated heterocycles. The predicted octanol–water partition coefficient (Wildman–Crippen LogP) is 3.32. The first-order chi connectivity index (χ1) is 8.24. The number of nitrogens with two attached hydrogens (primary N) is 1. The zero-order valence-electron chi connectivity index (χ0n) is 8.97. The van der Waals surface area contributed by atoms with Gasteiger partial charge in [-0.3, -0.25) is 0 Å². The first-order valence-electron chi connectivity index (χ1n) is 5.36. The lowest BCUT2D eigenvalue weighted by molar-refractivity contribution is 0.161. The van der Waals surface area contributed by atoms with Crippen molar-refractivity contribution in [2.75, 3.05) is 0 Å². The number of aromatic nitrogens is 1. The van der Waals surface area contributed by atoms with E-state index in [2.05, 4.69) is 4.98 Å². The Balaban J connectivity index is 1.93. The van der Waals surface area contributed by atoms with Crippen molar-refractivity contribution in [3.05, 3.63) is 45.4 Å². The molecule has 17 heavy (non-hydrogen) atoms. The summed E-state index contributed by atoms with van der Waals surface area (Å²) < 4.78 is 6.59. The molecule has 5 heteroatoms. The van der Waals surface area contributed by atoms with Crippen LogP contribution in [0.1, 0.15) is 29.1 Å². The van der Waals surface area contributed by atoms with Crippen LogP contribution < -0.4 is 10.5 Å². The van der Waals surface area contributed by atoms with Crippen LogP contribution in [0.2, 0.25) is 4.34 Å². The lowest BCUT2D eigenvalue weighted by Crippen LogP contribution is -2.23. The van der Waals surface area contributed by atoms with E-state index in [0.29, 0.717) is 4.34 Å². The van der Waals surface area contributed by atoms with Crippen LogP contribution in [0.25, 0.3) is 0 Å². The van der Waals surface area contributed by atoms with Crippen molar-refractivity contribution >= 4 is 22.9 Å². The SMILES string of the molecule is N[C@@H]1CC(c2ncc(Cl)s2)Oc2ccccc21. The van der Waals surface area contributed by atoms with Gasteiger partial charge < -0.3 is 10.5 Å². The van der Waals surface area contributed by atoms with Crippen molar-refractivity contribution in [2.45, 2.75) is 18.6 Å². The maximum atomic E-state index is 6.14. The minimum absolute atomic E-state index is 0.00683. The van der Waals surface area contributed by atoms with Gasteiger partial charge in [0.2, 0.25) is 0 Å². The van der Waals surface area contributed by atoms with Gasteiger partial charge in [-0.2, -0.15) is 0 Å². The van der Waals surface area contributed by atoms with Crippen molar-refractivity contribution in [3.8, 4) is 5.75 Å². The molecule has 0 radical (unpaired) electrons. The van der Waals surface area contributed by atoms with E-state index in [1.54, 1.807) is 6.20 Å². The second-order valence-corrected chi connectivity index (χ2v) is 5.68. The van der Waals surface area contributed by atoms with Crippen LogP contribution in [0.15, 0.2) is 30.5 Å². The van der Waals surface area contributed by atoms with Crippen molar-refractivity contribution in [1.82, 2.24) is 4.98 Å². The lowest BCUT2D eigenvalue weighted by atomic mass is 9.97. The van der Waals surface area contributed by atoms with Gasteiger partial charge in [-0.15, -0.1) is 11.3 Å². The zero-order valence-corrected chi connectivity index (χ0v) is 10.5. The molecule has 2 atom stereocenters. The third-order valence-electron chi connectivity index (χ3n) is 2.83. The number of fused-ring (bicyclic) bond motifs is 1. The summed E-state index contributed by atoms with van der Waals surface area (Å²) in [5, 5.41) is 0.889. The van der Waals surface area contributed by atoms with Gasteiger partial charge in [0.1, 0.15) is 15.1 Å². The summed E-state index contributed by atoms with van der Waals surface area (Å²) in [4.78, 5) is 4.25. The fourth-order valence-corrected chi connectivity index (χ4v) is 2.99. The first-order valence-corrected chi connectivity index (χ1v) is 6.56. The molecular formula is C12H11ClN2OS. The van der Waals surface area contributed by atoms with Gasteiger partial charge >= 0.3 is 0 Å². The highest BCUT2D eigenvalue weighted by molar-refractivity contribution is 7.15. The van der Waals surface area contributed by atoms with Gasteiger partial charge in [-0.25, -0.2) is 4.98 Å². The molecule has 3 rings (SSSR count). The van der Waals surface area contributed by atoms with Gasteiger partial charge in [0, 0.05) is 18.0 Å². The van der Waals surface area contributed by atoms with Crippen molar-refractivity contribution in [3.63, 3.8) is 0 Å². The molecular weight excluding hydrogens is 256 g/mol. The summed E-state index contributed by atoms with van der Waals surface area (Å²) in [6.45, 7) is 0. The molecule has 0 spiro atoms. The Morgan fingerprint density at radius 1 is 1.41 bits per heavy atom. The average molecular weight is 267 g/mol. The number of benzene rings is 1. The van der Waals surface area contributed by atoms with E-state index >= 15 is 0 Å². The maximum absolute atomic E-state index is 6.14. The Bertz CT molecular complexity index is 543. The van der Waals surface area contributed by atoms with Crippen molar-refractivity contribution in [2.24, 2.45) is 5.73 Å². The number of halogens is 1. The summed E-state index contributed by atoms with van der Waals surface area (Å²) in [7, 11) is 0. The van der Waals surface area contributed by atoms with E-state index < -0.39 is 0 Å². The van der Waals surface area contributed by atoms with Gasteiger partial charge in [0.05, 0.1) is 6.20 Å². The molecule has 88 valence electrons. The number of hydrogen-bond donors (Lipinski definition) is 1. The van der Waals surface area contributed by atoms with Crippen LogP contribution in [-0.4, -0.2) is 4.98 Å². The van der Waals surface area contributed by atoms with Crippen LogP contribution in [0.3, 0.4) is 0 Å². The molecule has 0 saturated carbocycles. The monoisotopic (exact) mass is 266 g/mol. The Morgan fingerprint density at radius 3 is 3.00 bits per heavy atom. The van der Waals surface area contributed by atoms with Crippen LogP contribution >= 0.6 is 22.9 Å². The lowest BCUT2D eigenvalue weighted by Gasteiger charge is -2.28. The molecule has 0 aliphatic carbocycles. The summed E-state index contributed by atoms with van der Waals surface area (Å²) in [5.74, 6) is 0.850. The Kier molecular flexibility index (Phi) is 2.78. The Labute approximate surface area is 108 Å². The second kappa shape index (κ2) is 4.29. The van der Waals surface area contributed by atoms with Crippen molar-refractivity contribution < 1.29 is 4.74 Å². The quantitative estimate of drug-likeness (QED) is 0.861. The zero-order chi connectivity index (χ0) is 11.8. The number of ether oxygens (including phenoxy) is 1. The van der Waals surface area contributed by atoms with Crippen LogP contribution in [-0.2, 0) is 0 Å². The normalized spacial score (nSPS) is 22.9. The number of thiazole rings is 1. The van der Waals surface area contributed by atoms with E-state index in [-0.39, 0.29) is 12.1 Å². The third kappa shape index (κ3) is 2.04. The molecule has 1 aliphatic rings. The molecule has 1 aromatic heterocycles. The maximum Gasteiger partial charge on any atom is 0.152 e. The Hall–Kier alpha value is -1.10. The molecule has 1 aliphatic heterocycles. The highest BCUT2D eigenvalue weighted by Gasteiger charge is 2.28. The first kappa shape index (κ1) is 11.0. The highest BCUT2D eigenvalue weighted by Crippen LogP contribution is 2.40. The van der Waals surface area contributed by atoms with Crippen LogP contribution in [0, 0.1) is 0 Å². The van der Waals surface area contributed by atoms with Gasteiger partial charge in [-0.1, -0.05) is 29.8 Å². The largest absolute Gasteiger partial charge is 0.483 e. The van der Waals surface area contributed by atoms with E-state index in [9.17, 15) is 0 Å². The molecule has 0 bridgehead atoms. The van der Waals surface area contributed by atoms with Crippen molar-refractivity contribution in [1.29, 1.82) is 0 Å². The standard InChI is InChI=1S/C12H11ClN2OS/c13-11-6-15-12(17-11)10-5-8(14)7-3-1-2-4-9(7)16-10/h1-4,6,8,10H,5,14H2/t8-,10?/m1/s1. The molecule has 1 aromatic carbocycles. The molecule has 2 heterocycles. The summed E-state index contributed by atoms with van der Waals surface area (Å²) in [6, 6.07) is 7.86. The molecule has 0 fully saturated rings. The Morgan fingerprint density at radius 2 is 2.24 bits per heavy atom. The molecule has 3 nitrogen and oxygen atoms in total. The van der Waals surface area contributed by atoms with E-state index in [1.807, 2.05) is 24.3 Å². The fourth-order valence-electron chi connectivity index (χ4n) is 2.02. The van der Waals surface area contributed by atoms with Gasteiger partial charge in [0.15, 0.2) is 6.10 Å². The number of nitrogens with zero attached hydrogens (tertiary/aromatic N) is 1. The fraction of sp³-hybridized carbons (Fsp3) is 0.250. The molecule has 2 N–H and O–H groups in total. The average Bonchev–Trinajstić information content (AvgIpc) is 2.76. The summed E-state index contributed by atoms with van der Waals surface area (Å²) in [6.07, 6.45) is 2.30.